The molecule has 0 aliphatic carbocycles. The maximum Gasteiger partial charge on any atom is 0.418 e. The molecule has 27 heavy (non-hydrogen) atoms. The lowest BCUT2D eigenvalue weighted by atomic mass is 10.1. The number of nitro groups is 2. The van der Waals surface area contributed by atoms with Gasteiger partial charge in [0.2, 0.25) is 0 Å². The fourth-order valence-electron chi connectivity index (χ4n) is 2.17. The molecular formula is C14H7F6N3O4. The second-order valence-electron chi connectivity index (χ2n) is 5.07. The van der Waals surface area contributed by atoms with Crippen LogP contribution in [0.3, 0.4) is 0 Å². The van der Waals surface area contributed by atoms with E-state index in [1.54, 1.807) is 0 Å². The maximum absolute atomic E-state index is 13.0. The first-order valence-corrected chi connectivity index (χ1v) is 6.79. The topological polar surface area (TPSA) is 98.3 Å². The molecule has 2 aromatic carbocycles. The van der Waals surface area contributed by atoms with Gasteiger partial charge in [0.1, 0.15) is 0 Å². The Balaban J connectivity index is 2.74. The third-order valence-electron chi connectivity index (χ3n) is 3.31. The summed E-state index contributed by atoms with van der Waals surface area (Å²) in [6.45, 7) is 0. The van der Waals surface area contributed by atoms with Gasteiger partial charge in [-0.3, -0.25) is 20.2 Å². The van der Waals surface area contributed by atoms with Crippen molar-refractivity contribution >= 4 is 22.7 Å². The zero-order chi connectivity index (χ0) is 20.6. The Morgan fingerprint density at radius 2 is 1.30 bits per heavy atom. The summed E-state index contributed by atoms with van der Waals surface area (Å²) >= 11 is 0. The first-order chi connectivity index (χ1) is 12.3. The zero-order valence-electron chi connectivity index (χ0n) is 12.8. The molecule has 0 heterocycles. The summed E-state index contributed by atoms with van der Waals surface area (Å²) in [5.41, 5.74) is -7.68. The minimum Gasteiger partial charge on any atom is -0.344 e. The Morgan fingerprint density at radius 1 is 0.815 bits per heavy atom. The van der Waals surface area contributed by atoms with Crippen LogP contribution >= 0.6 is 0 Å². The van der Waals surface area contributed by atoms with Crippen LogP contribution in [-0.2, 0) is 12.4 Å². The molecule has 0 saturated heterocycles. The number of nitrogens with one attached hydrogen (secondary N) is 1. The number of rotatable bonds is 4. The Hall–Kier alpha value is -3.38. The Labute approximate surface area is 145 Å². The molecule has 7 nitrogen and oxygen atoms in total. The van der Waals surface area contributed by atoms with Crippen molar-refractivity contribution in [3.63, 3.8) is 0 Å². The molecular weight excluding hydrogens is 388 g/mol. The van der Waals surface area contributed by atoms with Gasteiger partial charge < -0.3 is 5.32 Å². The second-order valence-corrected chi connectivity index (χ2v) is 5.07. The van der Waals surface area contributed by atoms with Crippen LogP contribution in [0.15, 0.2) is 36.4 Å². The van der Waals surface area contributed by atoms with Gasteiger partial charge in [0.15, 0.2) is 5.69 Å². The van der Waals surface area contributed by atoms with Crippen molar-refractivity contribution in [2.75, 3.05) is 5.32 Å². The van der Waals surface area contributed by atoms with E-state index in [0.29, 0.717) is 6.07 Å². The van der Waals surface area contributed by atoms with E-state index >= 15 is 0 Å². The molecule has 0 atom stereocenters. The van der Waals surface area contributed by atoms with Gasteiger partial charge in [-0.25, -0.2) is 0 Å². The van der Waals surface area contributed by atoms with E-state index in [1.165, 1.54) is 0 Å². The first kappa shape index (κ1) is 19.9. The van der Waals surface area contributed by atoms with Crippen molar-refractivity contribution in [2.45, 2.75) is 12.4 Å². The highest BCUT2D eigenvalue weighted by molar-refractivity contribution is 5.80. The quantitative estimate of drug-likeness (QED) is 0.431. The molecule has 2 rings (SSSR count). The normalized spacial score (nSPS) is 11.9. The van der Waals surface area contributed by atoms with Crippen LogP contribution in [0.2, 0.25) is 0 Å². The molecule has 2 aromatic rings. The zero-order valence-corrected chi connectivity index (χ0v) is 12.8. The minimum absolute atomic E-state index is 0.00549. The average Bonchev–Trinajstić information content (AvgIpc) is 2.52. The lowest BCUT2D eigenvalue weighted by Gasteiger charge is -2.15. The molecule has 0 aliphatic rings. The van der Waals surface area contributed by atoms with Gasteiger partial charge in [-0.15, -0.1) is 0 Å². The highest BCUT2D eigenvalue weighted by Gasteiger charge is 2.39. The number of para-hydroxylation sites is 1. The molecule has 0 aliphatic heterocycles. The summed E-state index contributed by atoms with van der Waals surface area (Å²) in [6, 6.07) is 3.55. The Morgan fingerprint density at radius 3 is 1.70 bits per heavy atom. The van der Waals surface area contributed by atoms with Crippen molar-refractivity contribution in [1.29, 1.82) is 0 Å². The summed E-state index contributed by atoms with van der Waals surface area (Å²) < 4.78 is 77.6. The van der Waals surface area contributed by atoms with E-state index in [0.717, 1.165) is 18.2 Å². The number of hydrogen-bond donors (Lipinski definition) is 1. The van der Waals surface area contributed by atoms with E-state index in [1.807, 2.05) is 5.32 Å². The lowest BCUT2D eigenvalue weighted by Crippen LogP contribution is -2.12. The standard InChI is InChI=1S/C14H7F6N3O4/c15-13(16,17)7-5-10(22(24)25)12(11(6-7)23(26)27)21-9-4-2-1-3-8(9)14(18,19)20/h1-6,21H. The van der Waals surface area contributed by atoms with Crippen LogP contribution in [0, 0.1) is 20.2 Å². The number of hydrogen-bond acceptors (Lipinski definition) is 5. The predicted molar refractivity (Wildman–Crippen MR) is 79.5 cm³/mol. The molecule has 0 amide bonds. The van der Waals surface area contributed by atoms with Gasteiger partial charge in [0.25, 0.3) is 11.4 Å². The van der Waals surface area contributed by atoms with Crippen molar-refractivity contribution < 1.29 is 36.2 Å². The second kappa shape index (κ2) is 6.74. The third-order valence-corrected chi connectivity index (χ3v) is 3.31. The molecule has 0 radical (unpaired) electrons. The van der Waals surface area contributed by atoms with E-state index in [-0.39, 0.29) is 12.1 Å². The molecule has 0 bridgehead atoms. The predicted octanol–water partition coefficient (Wildman–Crippen LogP) is 5.28. The van der Waals surface area contributed by atoms with Crippen LogP contribution in [0.1, 0.15) is 11.1 Å². The fourth-order valence-corrected chi connectivity index (χ4v) is 2.17. The lowest BCUT2D eigenvalue weighted by molar-refractivity contribution is -0.392. The van der Waals surface area contributed by atoms with Crippen molar-refractivity contribution in [3.8, 4) is 0 Å². The monoisotopic (exact) mass is 395 g/mol. The van der Waals surface area contributed by atoms with Crippen LogP contribution in [0.5, 0.6) is 0 Å². The van der Waals surface area contributed by atoms with E-state index in [2.05, 4.69) is 0 Å². The summed E-state index contributed by atoms with van der Waals surface area (Å²) in [4.78, 5) is 19.5. The van der Waals surface area contributed by atoms with E-state index < -0.39 is 56.1 Å². The van der Waals surface area contributed by atoms with E-state index in [9.17, 15) is 46.6 Å². The van der Waals surface area contributed by atoms with Crippen LogP contribution in [-0.4, -0.2) is 9.85 Å². The molecule has 144 valence electrons. The van der Waals surface area contributed by atoms with Crippen LogP contribution in [0.25, 0.3) is 0 Å². The summed E-state index contributed by atoms with van der Waals surface area (Å²) in [6.07, 6.45) is -10.1. The fraction of sp³-hybridized carbons (Fsp3) is 0.143. The molecule has 1 N–H and O–H groups in total. The van der Waals surface area contributed by atoms with Crippen LogP contribution in [0.4, 0.5) is 49.1 Å². The molecule has 0 saturated carbocycles. The largest absolute Gasteiger partial charge is 0.418 e. The molecule has 13 heteroatoms. The van der Waals surface area contributed by atoms with Gasteiger partial charge in [-0.2, -0.15) is 26.3 Å². The number of anilines is 2. The van der Waals surface area contributed by atoms with Gasteiger partial charge in [-0.1, -0.05) is 12.1 Å². The summed E-state index contributed by atoms with van der Waals surface area (Å²) in [5, 5.41) is 24.1. The Bertz CT molecular complexity index is 875. The molecule has 0 fully saturated rings. The molecule has 0 aromatic heterocycles. The average molecular weight is 395 g/mol. The highest BCUT2D eigenvalue weighted by atomic mass is 19.4. The Kier molecular flexibility index (Phi) is 4.97. The summed E-state index contributed by atoms with van der Waals surface area (Å²) in [5.74, 6) is 0. The minimum atomic E-state index is -5.14. The number of nitro benzene ring substituents is 2. The van der Waals surface area contributed by atoms with Gasteiger partial charge >= 0.3 is 12.4 Å². The van der Waals surface area contributed by atoms with Crippen molar-refractivity contribution in [3.05, 3.63) is 67.8 Å². The van der Waals surface area contributed by atoms with Gasteiger partial charge in [-0.05, 0) is 12.1 Å². The number of nitrogens with zero attached hydrogens (tertiary/aromatic N) is 2. The first-order valence-electron chi connectivity index (χ1n) is 6.79. The van der Waals surface area contributed by atoms with Crippen LogP contribution < -0.4 is 5.32 Å². The SMILES string of the molecule is O=[N+]([O-])c1cc(C(F)(F)F)cc([N+](=O)[O-])c1Nc1ccccc1C(F)(F)F. The van der Waals surface area contributed by atoms with Crippen molar-refractivity contribution in [1.82, 2.24) is 0 Å². The number of halogens is 6. The van der Waals surface area contributed by atoms with E-state index in [4.69, 9.17) is 0 Å². The molecule has 0 spiro atoms. The number of benzene rings is 2. The van der Waals surface area contributed by atoms with Crippen molar-refractivity contribution in [2.24, 2.45) is 0 Å². The third kappa shape index (κ3) is 4.24. The smallest absolute Gasteiger partial charge is 0.344 e. The number of alkyl halides is 6. The highest BCUT2D eigenvalue weighted by Crippen LogP contribution is 2.44. The maximum atomic E-state index is 13.0. The summed E-state index contributed by atoms with van der Waals surface area (Å²) in [7, 11) is 0. The van der Waals surface area contributed by atoms with Gasteiger partial charge in [0.05, 0.1) is 26.7 Å². The van der Waals surface area contributed by atoms with Gasteiger partial charge in [0, 0.05) is 12.1 Å². The molecule has 0 unspecified atom stereocenters.